The zero-order chi connectivity index (χ0) is 38.0. The molecule has 1 atom stereocenters. The van der Waals surface area contributed by atoms with E-state index in [0.717, 1.165) is 33.5 Å². The van der Waals surface area contributed by atoms with Gasteiger partial charge in [-0.15, -0.1) is 0 Å². The number of hydrogen-bond acceptors (Lipinski definition) is 8. The Morgan fingerprint density at radius 2 is 1.43 bits per heavy atom. The largest absolute Gasteiger partial charge is 0.493 e. The number of para-hydroxylation sites is 1. The summed E-state index contributed by atoms with van der Waals surface area (Å²) in [7, 11) is 1.34. The molecule has 0 aliphatic carbocycles. The van der Waals surface area contributed by atoms with Crippen LogP contribution in [-0.2, 0) is 20.7 Å². The number of hydrogen-bond donors (Lipinski definition) is 4. The van der Waals surface area contributed by atoms with Gasteiger partial charge in [-0.25, -0.2) is 14.4 Å². The predicted octanol–water partition coefficient (Wildman–Crippen LogP) is 8.02. The number of carboxylic acid groups (broad SMARTS) is 1. The minimum atomic E-state index is -1.04. The van der Waals surface area contributed by atoms with Crippen molar-refractivity contribution in [3.05, 3.63) is 114 Å². The zero-order valence-electron chi connectivity index (χ0n) is 30.4. The molecule has 0 unspecified atom stereocenters. The first-order valence-electron chi connectivity index (χ1n) is 17.5. The van der Waals surface area contributed by atoms with Gasteiger partial charge < -0.3 is 35.3 Å². The van der Waals surface area contributed by atoms with E-state index in [1.165, 1.54) is 13.2 Å². The third kappa shape index (κ3) is 10.2. The van der Waals surface area contributed by atoms with Crippen LogP contribution in [0.25, 0.3) is 21.5 Å². The molecule has 0 bridgehead atoms. The number of esters is 1. The molecule has 0 aliphatic heterocycles. The topological polar surface area (TPSA) is 152 Å². The van der Waals surface area contributed by atoms with Crippen LogP contribution in [0.3, 0.4) is 0 Å². The summed E-state index contributed by atoms with van der Waals surface area (Å²) in [6.07, 6.45) is 1.57. The number of alkyl carbamates (subject to hydrolysis) is 1. The molecule has 0 aliphatic rings. The lowest BCUT2D eigenvalue weighted by Gasteiger charge is -2.24. The lowest BCUT2D eigenvalue weighted by molar-refractivity contribution is -0.123. The molecule has 5 rings (SSSR count). The third-order valence-electron chi connectivity index (χ3n) is 8.50. The molecule has 0 radical (unpaired) electrons. The van der Waals surface area contributed by atoms with Crippen LogP contribution in [-0.4, -0.2) is 60.9 Å². The van der Waals surface area contributed by atoms with Crippen molar-refractivity contribution in [2.75, 3.05) is 25.6 Å². The first kappa shape index (κ1) is 38.1. The first-order chi connectivity index (χ1) is 25.4. The van der Waals surface area contributed by atoms with E-state index in [1.54, 1.807) is 45.0 Å². The third-order valence-corrected chi connectivity index (χ3v) is 8.50. The number of rotatable bonds is 15. The number of carboxylic acids is 1. The second kappa shape index (κ2) is 17.4. The van der Waals surface area contributed by atoms with Crippen LogP contribution in [0.15, 0.2) is 97.1 Å². The molecule has 2 amide bonds. The highest BCUT2D eigenvalue weighted by molar-refractivity contribution is 6.01. The Kier molecular flexibility index (Phi) is 12.5. The molecule has 0 saturated heterocycles. The predicted molar refractivity (Wildman–Crippen MR) is 205 cm³/mol. The number of methoxy groups -OCH3 is 1. The molecule has 0 spiro atoms. The van der Waals surface area contributed by atoms with Crippen molar-refractivity contribution >= 4 is 56.9 Å². The van der Waals surface area contributed by atoms with Crippen LogP contribution in [0.1, 0.15) is 66.3 Å². The number of amides is 2. The summed E-state index contributed by atoms with van der Waals surface area (Å²) in [5.74, 6) is -1.40. The van der Waals surface area contributed by atoms with Crippen LogP contribution in [0.5, 0.6) is 5.75 Å². The van der Waals surface area contributed by atoms with Crippen molar-refractivity contribution in [1.82, 2.24) is 10.6 Å². The molecule has 4 N–H and O–H groups in total. The average molecular weight is 720 g/mol. The van der Waals surface area contributed by atoms with E-state index in [4.69, 9.17) is 14.2 Å². The van der Waals surface area contributed by atoms with E-state index in [-0.39, 0.29) is 17.9 Å². The number of ether oxygens (including phenoxy) is 3. The molecule has 0 saturated carbocycles. The molecule has 0 fully saturated rings. The van der Waals surface area contributed by atoms with E-state index in [0.29, 0.717) is 48.7 Å². The fourth-order valence-corrected chi connectivity index (χ4v) is 5.98. The number of aromatic carboxylic acids is 1. The molecular weight excluding hydrogens is 674 g/mol. The molecular formula is C42H45N3O8. The number of carbonyl (C=O) groups excluding carboxylic acids is 3. The van der Waals surface area contributed by atoms with Gasteiger partial charge in [-0.3, -0.25) is 4.79 Å². The Morgan fingerprint density at radius 1 is 0.755 bits per heavy atom. The zero-order valence-corrected chi connectivity index (χ0v) is 30.4. The number of unbranched alkanes of at least 4 members (excludes halogenated alkanes) is 2. The quantitative estimate of drug-likeness (QED) is 0.0623. The number of fused-ring (bicyclic) bond motifs is 2. The minimum absolute atomic E-state index is 0.143. The molecule has 11 nitrogen and oxygen atoms in total. The Balaban J connectivity index is 1.23. The summed E-state index contributed by atoms with van der Waals surface area (Å²) in [5.41, 5.74) is 1.71. The van der Waals surface area contributed by atoms with Gasteiger partial charge in [0.2, 0.25) is 5.91 Å². The standard InChI is InChI=1S/C42H45N3O8/c1-42(2,3)53-41(50)45-36(25-29-20-21-35(31-17-9-8-16-30(29)31)44-34-19-11-10-18-32(34)39(47)48)38(46)43-22-12-5-13-23-52-37-26-28-15-7-6-14-27(28)24-33(37)40(49)51-4/h6-11,14-21,24,26,36,44H,5,12-13,22-23,25H2,1-4H3,(H,43,46)(H,45,50)(H,47,48)/t36-/m0/s1. The molecule has 0 aromatic heterocycles. The van der Waals surface area contributed by atoms with Crippen molar-refractivity contribution in [1.29, 1.82) is 0 Å². The highest BCUT2D eigenvalue weighted by Gasteiger charge is 2.26. The van der Waals surface area contributed by atoms with Crippen LogP contribution < -0.4 is 20.7 Å². The van der Waals surface area contributed by atoms with Gasteiger partial charge in [0.05, 0.1) is 25.0 Å². The first-order valence-corrected chi connectivity index (χ1v) is 17.5. The van der Waals surface area contributed by atoms with Crippen molar-refractivity contribution in [2.24, 2.45) is 0 Å². The summed E-state index contributed by atoms with van der Waals surface area (Å²) in [4.78, 5) is 50.7. The summed E-state index contributed by atoms with van der Waals surface area (Å²) >= 11 is 0. The molecule has 276 valence electrons. The normalized spacial score (nSPS) is 11.8. The van der Waals surface area contributed by atoms with Gasteiger partial charge in [0, 0.05) is 24.0 Å². The Hall–Kier alpha value is -6.10. The van der Waals surface area contributed by atoms with Gasteiger partial charge >= 0.3 is 18.0 Å². The van der Waals surface area contributed by atoms with Crippen LogP contribution in [0, 0.1) is 0 Å². The summed E-state index contributed by atoms with van der Waals surface area (Å²) < 4.78 is 16.4. The lowest BCUT2D eigenvalue weighted by Crippen LogP contribution is -2.49. The second-order valence-electron chi connectivity index (χ2n) is 13.6. The molecule has 0 heterocycles. The maximum absolute atomic E-state index is 13.6. The number of benzene rings is 5. The van der Waals surface area contributed by atoms with Crippen molar-refractivity contribution in [3.63, 3.8) is 0 Å². The Morgan fingerprint density at radius 3 is 2.15 bits per heavy atom. The van der Waals surface area contributed by atoms with E-state index in [9.17, 15) is 24.3 Å². The summed E-state index contributed by atoms with van der Waals surface area (Å²) in [6.45, 7) is 6.01. The van der Waals surface area contributed by atoms with Gasteiger partial charge in [0.1, 0.15) is 23.0 Å². The van der Waals surface area contributed by atoms with Gasteiger partial charge in [-0.1, -0.05) is 66.7 Å². The summed E-state index contributed by atoms with van der Waals surface area (Å²) in [5, 5.41) is 22.2. The van der Waals surface area contributed by atoms with Crippen LogP contribution in [0.2, 0.25) is 0 Å². The Bertz CT molecular complexity index is 2110. The lowest BCUT2D eigenvalue weighted by atomic mass is 9.97. The fraction of sp³-hybridized carbons (Fsp3) is 0.286. The summed E-state index contributed by atoms with van der Waals surface area (Å²) in [6, 6.07) is 28.4. The highest BCUT2D eigenvalue weighted by Crippen LogP contribution is 2.31. The molecule has 5 aromatic rings. The van der Waals surface area contributed by atoms with Gasteiger partial charge in [-0.05, 0) is 92.1 Å². The SMILES string of the molecule is COC(=O)c1cc2ccccc2cc1OCCCCCNC(=O)[C@H](Cc1ccc(Nc2ccccc2C(=O)O)c2ccccc12)NC(=O)OC(C)(C)C. The monoisotopic (exact) mass is 719 g/mol. The number of anilines is 2. The van der Waals surface area contributed by atoms with E-state index >= 15 is 0 Å². The van der Waals surface area contributed by atoms with E-state index in [2.05, 4.69) is 16.0 Å². The van der Waals surface area contributed by atoms with Gasteiger partial charge in [-0.2, -0.15) is 0 Å². The van der Waals surface area contributed by atoms with Gasteiger partial charge in [0.25, 0.3) is 0 Å². The Labute approximate surface area is 308 Å². The average Bonchev–Trinajstić information content (AvgIpc) is 3.13. The molecule has 5 aromatic carbocycles. The highest BCUT2D eigenvalue weighted by atomic mass is 16.6. The van der Waals surface area contributed by atoms with E-state index in [1.807, 2.05) is 66.7 Å². The second-order valence-corrected chi connectivity index (χ2v) is 13.6. The molecule has 11 heteroatoms. The number of nitrogens with one attached hydrogen (secondary N) is 3. The molecule has 53 heavy (non-hydrogen) atoms. The van der Waals surface area contributed by atoms with Crippen molar-refractivity contribution < 1.29 is 38.5 Å². The van der Waals surface area contributed by atoms with E-state index < -0.39 is 29.7 Å². The van der Waals surface area contributed by atoms with Crippen molar-refractivity contribution in [2.45, 2.75) is 58.1 Å². The van der Waals surface area contributed by atoms with Crippen LogP contribution >= 0.6 is 0 Å². The van der Waals surface area contributed by atoms with Gasteiger partial charge in [0.15, 0.2) is 0 Å². The maximum Gasteiger partial charge on any atom is 0.408 e. The van der Waals surface area contributed by atoms with Crippen LogP contribution in [0.4, 0.5) is 16.2 Å². The fourth-order valence-electron chi connectivity index (χ4n) is 5.98. The number of carbonyl (C=O) groups is 4. The smallest absolute Gasteiger partial charge is 0.408 e. The maximum atomic E-state index is 13.6. The van der Waals surface area contributed by atoms with Crippen molar-refractivity contribution in [3.8, 4) is 5.75 Å². The minimum Gasteiger partial charge on any atom is -0.493 e.